The third-order valence-electron chi connectivity index (χ3n) is 6.32. The van der Waals surface area contributed by atoms with Gasteiger partial charge in [0, 0.05) is 29.6 Å². The molecule has 2 amide bonds. The number of anilines is 1. The van der Waals surface area contributed by atoms with Gasteiger partial charge in [-0.1, -0.05) is 85.6 Å². The Morgan fingerprint density at radius 1 is 0.925 bits per heavy atom. The van der Waals surface area contributed by atoms with Gasteiger partial charge in [-0.15, -0.1) is 0 Å². The number of nitrogens with zero attached hydrogens (tertiary/aromatic N) is 2. The Bertz CT molecular complexity index is 1430. The molecule has 214 valence electrons. The van der Waals surface area contributed by atoms with Gasteiger partial charge >= 0.3 is 0 Å². The highest BCUT2D eigenvalue weighted by molar-refractivity contribution is 7.92. The molecule has 0 saturated heterocycles. The van der Waals surface area contributed by atoms with Gasteiger partial charge in [0.25, 0.3) is 0 Å². The van der Waals surface area contributed by atoms with Crippen molar-refractivity contribution in [3.05, 3.63) is 99.5 Å². The largest absolute Gasteiger partial charge is 0.354 e. The highest BCUT2D eigenvalue weighted by Gasteiger charge is 2.33. The molecule has 0 aliphatic rings. The maximum Gasteiger partial charge on any atom is 0.244 e. The fraction of sp³-hybridized carbons (Fsp3) is 0.333. The van der Waals surface area contributed by atoms with Gasteiger partial charge in [0.15, 0.2) is 0 Å². The summed E-state index contributed by atoms with van der Waals surface area (Å²) in [6.45, 7) is 5.75. The molecule has 40 heavy (non-hydrogen) atoms. The van der Waals surface area contributed by atoms with Crippen LogP contribution >= 0.6 is 23.2 Å². The van der Waals surface area contributed by atoms with E-state index in [0.717, 1.165) is 21.7 Å². The van der Waals surface area contributed by atoms with Crippen molar-refractivity contribution in [1.29, 1.82) is 0 Å². The average Bonchev–Trinajstić information content (AvgIpc) is 2.89. The van der Waals surface area contributed by atoms with Crippen molar-refractivity contribution in [2.24, 2.45) is 5.92 Å². The summed E-state index contributed by atoms with van der Waals surface area (Å²) < 4.78 is 26.8. The summed E-state index contributed by atoms with van der Waals surface area (Å²) in [5.41, 5.74) is 2.61. The molecule has 3 aromatic carbocycles. The van der Waals surface area contributed by atoms with Crippen molar-refractivity contribution in [2.45, 2.75) is 39.8 Å². The molecule has 0 aliphatic heterocycles. The first-order valence-electron chi connectivity index (χ1n) is 12.9. The molecule has 1 N–H and O–H groups in total. The number of rotatable bonds is 12. The lowest BCUT2D eigenvalue weighted by molar-refractivity contribution is -0.140. The fourth-order valence-electron chi connectivity index (χ4n) is 4.16. The molecule has 1 atom stereocenters. The molecule has 0 unspecified atom stereocenters. The summed E-state index contributed by atoms with van der Waals surface area (Å²) in [7, 11) is -3.88. The van der Waals surface area contributed by atoms with Gasteiger partial charge in [-0.3, -0.25) is 13.9 Å². The van der Waals surface area contributed by atoms with Gasteiger partial charge in [0.2, 0.25) is 21.8 Å². The minimum absolute atomic E-state index is 0.0538. The van der Waals surface area contributed by atoms with Crippen molar-refractivity contribution >= 4 is 50.7 Å². The second-order valence-electron chi connectivity index (χ2n) is 10.2. The fourth-order valence-corrected chi connectivity index (χ4v) is 5.39. The van der Waals surface area contributed by atoms with Crippen LogP contribution in [0.25, 0.3) is 0 Å². The van der Waals surface area contributed by atoms with Crippen molar-refractivity contribution in [3.8, 4) is 0 Å². The third kappa shape index (κ3) is 8.98. The van der Waals surface area contributed by atoms with E-state index in [-0.39, 0.29) is 30.5 Å². The lowest BCUT2D eigenvalue weighted by atomic mass is 10.0. The average molecular weight is 605 g/mol. The van der Waals surface area contributed by atoms with Crippen molar-refractivity contribution in [3.63, 3.8) is 0 Å². The highest BCUT2D eigenvalue weighted by atomic mass is 35.5. The van der Waals surface area contributed by atoms with E-state index in [4.69, 9.17) is 23.2 Å². The molecule has 7 nitrogen and oxygen atoms in total. The lowest BCUT2D eigenvalue weighted by Crippen LogP contribution is -2.53. The van der Waals surface area contributed by atoms with E-state index < -0.39 is 28.5 Å². The first kappa shape index (κ1) is 31.5. The Hall–Kier alpha value is -3.07. The maximum absolute atomic E-state index is 14.1. The molecular formula is C30H35Cl2N3O4S. The topological polar surface area (TPSA) is 86.8 Å². The van der Waals surface area contributed by atoms with E-state index in [1.54, 1.807) is 37.3 Å². The van der Waals surface area contributed by atoms with Gasteiger partial charge in [0.05, 0.1) is 11.9 Å². The Labute approximate surface area is 247 Å². The van der Waals surface area contributed by atoms with Crippen LogP contribution in [0.4, 0.5) is 5.69 Å². The zero-order chi connectivity index (χ0) is 29.4. The van der Waals surface area contributed by atoms with E-state index in [9.17, 15) is 18.0 Å². The highest BCUT2D eigenvalue weighted by Crippen LogP contribution is 2.26. The van der Waals surface area contributed by atoms with Crippen LogP contribution in [0.5, 0.6) is 0 Å². The van der Waals surface area contributed by atoms with Gasteiger partial charge in [-0.05, 0) is 53.8 Å². The summed E-state index contributed by atoms with van der Waals surface area (Å²) >= 11 is 12.5. The SMILES string of the molecule is Cc1ccc(N(CC(=O)N(Cc2cccc(Cl)c2)[C@@H](Cc2ccccc2)C(=O)NCC(C)C)S(C)(=O)=O)cc1Cl. The number of carbonyl (C=O) groups excluding carboxylic acids is 2. The number of sulfonamides is 1. The Kier molecular flexibility index (Phi) is 11.0. The molecule has 0 aliphatic carbocycles. The first-order chi connectivity index (χ1) is 18.8. The molecule has 0 heterocycles. The third-order valence-corrected chi connectivity index (χ3v) is 8.10. The monoisotopic (exact) mass is 603 g/mol. The summed E-state index contributed by atoms with van der Waals surface area (Å²) in [4.78, 5) is 29.1. The number of hydrogen-bond acceptors (Lipinski definition) is 4. The standard InChI is InChI=1S/C30H35Cl2N3O4S/c1-21(2)18-33-30(37)28(16-23-9-6-5-7-10-23)34(19-24-11-8-12-25(31)15-24)29(36)20-35(40(4,38)39)26-14-13-22(3)27(32)17-26/h5-15,17,21,28H,16,18-20H2,1-4H3,(H,33,37)/t28-/m0/s1. The normalized spacial score (nSPS) is 12.2. The number of nitrogens with one attached hydrogen (secondary N) is 1. The molecule has 0 saturated carbocycles. The van der Waals surface area contributed by atoms with Crippen molar-refractivity contribution in [1.82, 2.24) is 10.2 Å². The minimum atomic E-state index is -3.88. The van der Waals surface area contributed by atoms with Crippen LogP contribution in [0.15, 0.2) is 72.8 Å². The Balaban J connectivity index is 2.06. The molecule has 0 spiro atoms. The number of halogens is 2. The predicted molar refractivity (Wildman–Crippen MR) is 162 cm³/mol. The lowest BCUT2D eigenvalue weighted by Gasteiger charge is -2.33. The van der Waals surface area contributed by atoms with Crippen LogP contribution in [-0.2, 0) is 32.6 Å². The van der Waals surface area contributed by atoms with Gasteiger partial charge < -0.3 is 10.2 Å². The zero-order valence-electron chi connectivity index (χ0n) is 23.1. The number of amides is 2. The smallest absolute Gasteiger partial charge is 0.244 e. The minimum Gasteiger partial charge on any atom is -0.354 e. The van der Waals surface area contributed by atoms with Crippen LogP contribution in [0.1, 0.15) is 30.5 Å². The zero-order valence-corrected chi connectivity index (χ0v) is 25.4. The second kappa shape index (κ2) is 14.0. The number of carbonyl (C=O) groups is 2. The van der Waals surface area contributed by atoms with Gasteiger partial charge in [-0.25, -0.2) is 8.42 Å². The van der Waals surface area contributed by atoms with Crippen LogP contribution in [0, 0.1) is 12.8 Å². The van der Waals surface area contributed by atoms with Crippen LogP contribution in [0.2, 0.25) is 10.0 Å². The first-order valence-corrected chi connectivity index (χ1v) is 15.5. The molecule has 3 rings (SSSR count). The van der Waals surface area contributed by atoms with Crippen LogP contribution in [-0.4, -0.2) is 50.5 Å². The molecular weight excluding hydrogens is 569 g/mol. The second-order valence-corrected chi connectivity index (χ2v) is 12.9. The Morgan fingerprint density at radius 2 is 1.60 bits per heavy atom. The summed E-state index contributed by atoms with van der Waals surface area (Å²) in [5, 5.41) is 3.82. The maximum atomic E-state index is 14.1. The van der Waals surface area contributed by atoms with E-state index in [1.807, 2.05) is 50.2 Å². The number of aryl methyl sites for hydroxylation is 1. The van der Waals surface area contributed by atoms with Gasteiger partial charge in [-0.2, -0.15) is 0 Å². The van der Waals surface area contributed by atoms with Crippen molar-refractivity contribution < 1.29 is 18.0 Å². The van der Waals surface area contributed by atoms with Crippen LogP contribution in [0.3, 0.4) is 0 Å². The van der Waals surface area contributed by atoms with E-state index in [0.29, 0.717) is 22.2 Å². The molecule has 10 heteroatoms. The quantitative estimate of drug-likeness (QED) is 0.297. The molecule has 0 aromatic heterocycles. The van der Waals surface area contributed by atoms with E-state index in [2.05, 4.69) is 5.32 Å². The van der Waals surface area contributed by atoms with Crippen LogP contribution < -0.4 is 9.62 Å². The molecule has 0 bridgehead atoms. The van der Waals surface area contributed by atoms with Gasteiger partial charge in [0.1, 0.15) is 12.6 Å². The van der Waals surface area contributed by atoms with E-state index in [1.165, 1.54) is 11.0 Å². The summed E-state index contributed by atoms with van der Waals surface area (Å²) in [5.74, 6) is -0.662. The Morgan fingerprint density at radius 3 is 2.20 bits per heavy atom. The predicted octanol–water partition coefficient (Wildman–Crippen LogP) is 5.48. The molecule has 3 aromatic rings. The van der Waals surface area contributed by atoms with E-state index >= 15 is 0 Å². The number of hydrogen-bond donors (Lipinski definition) is 1. The number of benzene rings is 3. The van der Waals surface area contributed by atoms with Crippen molar-refractivity contribution in [2.75, 3.05) is 23.7 Å². The summed E-state index contributed by atoms with van der Waals surface area (Å²) in [6, 6.07) is 20.3. The molecule has 0 radical (unpaired) electrons. The molecule has 0 fully saturated rings. The summed E-state index contributed by atoms with van der Waals surface area (Å²) in [6.07, 6.45) is 1.28.